The molecule has 0 spiro atoms. The molecule has 0 amide bonds. The van der Waals surface area contributed by atoms with Crippen LogP contribution in [0.15, 0.2) is 54.7 Å². The number of hydrogen-bond donors (Lipinski definition) is 2. The third-order valence-electron chi connectivity index (χ3n) is 2.96. The summed E-state index contributed by atoms with van der Waals surface area (Å²) in [6.45, 7) is 15.0. The number of allylic oxidation sites excluding steroid dienone is 3. The Balaban J connectivity index is 0. The minimum atomic E-state index is -0.954. The number of rotatable bonds is 5. The smallest absolute Gasteiger partial charge is 0.109 e. The Morgan fingerprint density at radius 1 is 1.25 bits per heavy atom. The predicted molar refractivity (Wildman–Crippen MR) is 108 cm³/mol. The van der Waals surface area contributed by atoms with Gasteiger partial charge in [0.05, 0.1) is 0 Å². The van der Waals surface area contributed by atoms with Crippen LogP contribution in [0.25, 0.3) is 0 Å². The maximum absolute atomic E-state index is 10.3. The Hall–Kier alpha value is -1.35. The van der Waals surface area contributed by atoms with Crippen molar-refractivity contribution in [1.29, 1.82) is 0 Å². The first-order chi connectivity index (χ1) is 11.4. The molecule has 2 atom stereocenters. The van der Waals surface area contributed by atoms with E-state index in [1.807, 2.05) is 59.8 Å². The summed E-state index contributed by atoms with van der Waals surface area (Å²) in [6, 6.07) is 5.28. The van der Waals surface area contributed by atoms with Crippen LogP contribution in [-0.2, 0) is 0 Å². The molecule has 0 aliphatic heterocycles. The van der Waals surface area contributed by atoms with E-state index in [0.717, 1.165) is 17.6 Å². The molecule has 0 saturated heterocycles. The van der Waals surface area contributed by atoms with Crippen LogP contribution in [0.3, 0.4) is 0 Å². The molecule has 0 fully saturated rings. The van der Waals surface area contributed by atoms with Crippen LogP contribution in [0, 0.1) is 6.92 Å². The van der Waals surface area contributed by atoms with Crippen LogP contribution < -0.4 is 0 Å². The minimum Gasteiger partial charge on any atom is -0.385 e. The lowest BCUT2D eigenvalue weighted by atomic mass is 9.96. The van der Waals surface area contributed by atoms with Gasteiger partial charge in [-0.2, -0.15) is 0 Å². The van der Waals surface area contributed by atoms with Gasteiger partial charge in [-0.3, -0.25) is 0 Å². The van der Waals surface area contributed by atoms with Crippen molar-refractivity contribution < 1.29 is 10.2 Å². The number of aryl methyl sites for hydroxylation is 1. The van der Waals surface area contributed by atoms with E-state index in [1.54, 1.807) is 24.3 Å². The van der Waals surface area contributed by atoms with Crippen LogP contribution in [-0.4, -0.2) is 16.3 Å². The van der Waals surface area contributed by atoms with Gasteiger partial charge in [-0.1, -0.05) is 68.8 Å². The predicted octanol–water partition coefficient (Wildman–Crippen LogP) is 6.17. The molecule has 2 N–H and O–H groups in total. The van der Waals surface area contributed by atoms with Crippen LogP contribution in [0.1, 0.15) is 58.3 Å². The second kappa shape index (κ2) is 15.2. The molecule has 1 aromatic rings. The van der Waals surface area contributed by atoms with E-state index < -0.39 is 12.2 Å². The van der Waals surface area contributed by atoms with Crippen molar-refractivity contribution in [2.75, 3.05) is 0 Å². The summed E-state index contributed by atoms with van der Waals surface area (Å²) in [5, 5.41) is 21.2. The molecule has 0 aromatic heterocycles. The zero-order chi connectivity index (χ0) is 19.1. The van der Waals surface area contributed by atoms with Crippen molar-refractivity contribution in [3.8, 4) is 0 Å². The van der Waals surface area contributed by atoms with Gasteiger partial charge in [-0.05, 0) is 50.0 Å². The average molecular weight is 353 g/mol. The van der Waals surface area contributed by atoms with E-state index in [9.17, 15) is 10.2 Å². The molecule has 1 aromatic carbocycles. The summed E-state index contributed by atoms with van der Waals surface area (Å²) in [6.07, 6.45) is 6.26. The summed E-state index contributed by atoms with van der Waals surface area (Å²) < 4.78 is 0. The molecule has 0 bridgehead atoms. The Bertz CT molecular complexity index is 519. The number of aliphatic hydroxyl groups excluding tert-OH is 2. The fourth-order valence-electron chi connectivity index (χ4n) is 1.93. The Labute approximate surface area is 153 Å². The third-order valence-corrected chi connectivity index (χ3v) is 3.39. The highest BCUT2D eigenvalue weighted by Crippen LogP contribution is 2.26. The first-order valence-electron chi connectivity index (χ1n) is 8.44. The van der Waals surface area contributed by atoms with Crippen molar-refractivity contribution >= 4 is 11.6 Å². The third kappa shape index (κ3) is 9.07. The normalized spacial score (nSPS) is 13.3. The monoisotopic (exact) mass is 352 g/mol. The number of aliphatic hydroxyl groups is 2. The lowest BCUT2D eigenvalue weighted by molar-refractivity contribution is 0.0430. The molecule has 136 valence electrons. The van der Waals surface area contributed by atoms with E-state index in [0.29, 0.717) is 10.6 Å². The van der Waals surface area contributed by atoms with E-state index in [4.69, 9.17) is 11.6 Å². The van der Waals surface area contributed by atoms with Crippen molar-refractivity contribution in [2.24, 2.45) is 0 Å². The maximum Gasteiger partial charge on any atom is 0.109 e. The number of benzene rings is 1. The summed E-state index contributed by atoms with van der Waals surface area (Å²) in [5.74, 6) is 0. The SMILES string of the molecule is C/C=C\C(=C/CC)C(O)C(O)c1ccc(Cl)c(C)c1.C=CC.CC. The second-order valence-electron chi connectivity index (χ2n) is 4.92. The zero-order valence-electron chi connectivity index (χ0n) is 15.9. The first-order valence-corrected chi connectivity index (χ1v) is 8.82. The fraction of sp³-hybridized carbons (Fsp3) is 0.429. The molecule has 1 rings (SSSR count). The average Bonchev–Trinajstić information content (AvgIpc) is 2.58. The number of hydrogen-bond acceptors (Lipinski definition) is 2. The second-order valence-corrected chi connectivity index (χ2v) is 5.33. The van der Waals surface area contributed by atoms with E-state index in [1.165, 1.54) is 0 Å². The lowest BCUT2D eigenvalue weighted by Gasteiger charge is -2.20. The Morgan fingerprint density at radius 3 is 2.21 bits per heavy atom. The van der Waals surface area contributed by atoms with Gasteiger partial charge in [-0.15, -0.1) is 6.58 Å². The molecular weight excluding hydrogens is 320 g/mol. The standard InChI is InChI=1S/C16H21ClO2.C3H6.C2H6/c1-4-6-12(7-5-2)15(18)16(19)13-8-9-14(17)11(3)10-13;1-3-2;1-2/h4,6-10,15-16,18-19H,5H2,1-3H3;3H,1H2,2H3;1-2H3/b6-4-,12-7+;;. The van der Waals surface area contributed by atoms with Gasteiger partial charge >= 0.3 is 0 Å². The van der Waals surface area contributed by atoms with Gasteiger partial charge in [0.25, 0.3) is 0 Å². The largest absolute Gasteiger partial charge is 0.385 e. The first kappa shape index (κ1) is 24.9. The zero-order valence-corrected chi connectivity index (χ0v) is 16.6. The molecule has 0 saturated carbocycles. The van der Waals surface area contributed by atoms with Gasteiger partial charge in [0, 0.05) is 5.02 Å². The minimum absolute atomic E-state index is 0.656. The topological polar surface area (TPSA) is 40.5 Å². The fourth-order valence-corrected chi connectivity index (χ4v) is 2.05. The van der Waals surface area contributed by atoms with Gasteiger partial charge in [0.2, 0.25) is 0 Å². The highest BCUT2D eigenvalue weighted by atomic mass is 35.5. The van der Waals surface area contributed by atoms with Crippen molar-refractivity contribution in [3.05, 3.63) is 70.8 Å². The molecule has 0 aliphatic carbocycles. The molecular formula is C21H33ClO2. The summed E-state index contributed by atoms with van der Waals surface area (Å²) >= 11 is 5.96. The Kier molecular flexibility index (Phi) is 15.8. The van der Waals surface area contributed by atoms with Gasteiger partial charge < -0.3 is 10.2 Å². The molecule has 3 heteroatoms. The molecule has 2 nitrogen and oxygen atoms in total. The molecule has 2 unspecified atom stereocenters. The molecule has 0 heterocycles. The van der Waals surface area contributed by atoms with E-state index >= 15 is 0 Å². The Morgan fingerprint density at radius 2 is 1.79 bits per heavy atom. The maximum atomic E-state index is 10.3. The van der Waals surface area contributed by atoms with E-state index in [2.05, 4.69) is 6.58 Å². The van der Waals surface area contributed by atoms with Crippen molar-refractivity contribution in [3.63, 3.8) is 0 Å². The van der Waals surface area contributed by atoms with Crippen LogP contribution in [0.2, 0.25) is 5.02 Å². The van der Waals surface area contributed by atoms with Crippen molar-refractivity contribution in [1.82, 2.24) is 0 Å². The van der Waals surface area contributed by atoms with Crippen LogP contribution in [0.5, 0.6) is 0 Å². The van der Waals surface area contributed by atoms with Gasteiger partial charge in [-0.25, -0.2) is 0 Å². The van der Waals surface area contributed by atoms with Crippen LogP contribution >= 0.6 is 11.6 Å². The molecule has 0 radical (unpaired) electrons. The van der Waals surface area contributed by atoms with Crippen LogP contribution in [0.4, 0.5) is 0 Å². The van der Waals surface area contributed by atoms with Gasteiger partial charge in [0.15, 0.2) is 0 Å². The molecule has 0 aliphatic rings. The quantitative estimate of drug-likeness (QED) is 0.491. The summed E-state index contributed by atoms with van der Waals surface area (Å²) in [5.41, 5.74) is 2.28. The summed E-state index contributed by atoms with van der Waals surface area (Å²) in [7, 11) is 0. The lowest BCUT2D eigenvalue weighted by Crippen LogP contribution is -2.20. The van der Waals surface area contributed by atoms with E-state index in [-0.39, 0.29) is 0 Å². The number of halogens is 1. The highest BCUT2D eigenvalue weighted by Gasteiger charge is 2.21. The molecule has 24 heavy (non-hydrogen) atoms. The van der Waals surface area contributed by atoms with Gasteiger partial charge in [0.1, 0.15) is 12.2 Å². The summed E-state index contributed by atoms with van der Waals surface area (Å²) in [4.78, 5) is 0. The highest BCUT2D eigenvalue weighted by molar-refractivity contribution is 6.31. The van der Waals surface area contributed by atoms with Crippen molar-refractivity contribution in [2.45, 2.75) is 60.2 Å².